The number of fused-ring (bicyclic) bond motifs is 1. The smallest absolute Gasteiger partial charge is 0.303 e. The van der Waals surface area contributed by atoms with Gasteiger partial charge < -0.3 is 24.5 Å². The number of hydrogen-bond acceptors (Lipinski definition) is 7. The fourth-order valence-electron chi connectivity index (χ4n) is 5.10. The third kappa shape index (κ3) is 6.27. The highest BCUT2D eigenvalue weighted by Crippen LogP contribution is 2.39. The largest absolute Gasteiger partial charge is 0.481 e. The zero-order valence-electron chi connectivity index (χ0n) is 22.1. The van der Waals surface area contributed by atoms with Gasteiger partial charge in [-0.3, -0.25) is 14.4 Å². The molecule has 214 valence electrons. The molecule has 2 amide bonds. The number of para-hydroxylation sites is 1. The van der Waals surface area contributed by atoms with E-state index in [0.717, 1.165) is 10.9 Å². The number of nitrogens with zero attached hydrogens (tertiary/aromatic N) is 2. The lowest BCUT2D eigenvalue weighted by Crippen LogP contribution is -2.40. The number of carboxylic acids is 1. The number of methoxy groups -OCH3 is 1. The van der Waals surface area contributed by atoms with Crippen molar-refractivity contribution in [1.29, 1.82) is 0 Å². The van der Waals surface area contributed by atoms with Crippen LogP contribution in [-0.2, 0) is 27.2 Å². The number of aromatic nitrogens is 1. The first-order chi connectivity index (χ1) is 19.7. The minimum atomic E-state index is -0.890. The minimum Gasteiger partial charge on any atom is -0.481 e. The fourth-order valence-corrected chi connectivity index (χ4v) is 6.38. The zero-order chi connectivity index (χ0) is 29.1. The van der Waals surface area contributed by atoms with Gasteiger partial charge in [0.25, 0.3) is 5.91 Å². The summed E-state index contributed by atoms with van der Waals surface area (Å²) in [5.74, 6) is -2.39. The first-order valence-corrected chi connectivity index (χ1v) is 14.2. The Labute approximate surface area is 243 Å². The van der Waals surface area contributed by atoms with Crippen molar-refractivity contribution in [3.63, 3.8) is 0 Å². The second kappa shape index (κ2) is 12.4. The summed E-state index contributed by atoms with van der Waals surface area (Å²) >= 11 is 7.81. The molecule has 1 fully saturated rings. The number of aryl methyl sites for hydroxylation is 1. The quantitative estimate of drug-likeness (QED) is 0.234. The summed E-state index contributed by atoms with van der Waals surface area (Å²) in [5, 5.41) is 13.0. The topological polar surface area (TPSA) is 122 Å². The van der Waals surface area contributed by atoms with E-state index in [1.54, 1.807) is 42.5 Å². The number of rotatable bonds is 10. The second-order valence-electron chi connectivity index (χ2n) is 9.76. The molecule has 2 N–H and O–H groups in total. The van der Waals surface area contributed by atoms with E-state index in [9.17, 15) is 14.4 Å². The summed E-state index contributed by atoms with van der Waals surface area (Å²) in [5.41, 5.74) is 0.998. The molecule has 1 aliphatic rings. The number of carbonyl (C=O) groups excluding carboxylic acids is 2. The van der Waals surface area contributed by atoms with Crippen molar-refractivity contribution in [2.75, 3.05) is 19.0 Å². The molecule has 5 rings (SSSR count). The molecule has 1 saturated heterocycles. The van der Waals surface area contributed by atoms with Gasteiger partial charge in [0.2, 0.25) is 5.91 Å². The molecule has 0 unspecified atom stereocenters. The van der Waals surface area contributed by atoms with Crippen molar-refractivity contribution >= 4 is 57.4 Å². The SMILES string of the molecule is COC[C@@H]1CC[C@@H](c2ncc(CCC(=O)O)s2)N1C(=O)Cc1cc(Cl)c(NC(=O)c2coc3ccccc23)cc1F. The van der Waals surface area contributed by atoms with Crippen LogP contribution in [-0.4, -0.2) is 52.5 Å². The first kappa shape index (κ1) is 28.7. The predicted molar refractivity (Wildman–Crippen MR) is 152 cm³/mol. The highest BCUT2D eigenvalue weighted by molar-refractivity contribution is 7.11. The number of nitrogens with one attached hydrogen (secondary N) is 1. The summed E-state index contributed by atoms with van der Waals surface area (Å²) in [4.78, 5) is 44.4. The molecule has 2 aromatic carbocycles. The molecular formula is C29H27ClFN3O6S. The van der Waals surface area contributed by atoms with Crippen LogP contribution < -0.4 is 5.32 Å². The van der Waals surface area contributed by atoms with Gasteiger partial charge in [-0.25, -0.2) is 9.37 Å². The van der Waals surface area contributed by atoms with E-state index in [0.29, 0.717) is 41.8 Å². The number of halogens is 2. The average molecular weight is 600 g/mol. The van der Waals surface area contributed by atoms with Gasteiger partial charge >= 0.3 is 5.97 Å². The summed E-state index contributed by atoms with van der Waals surface area (Å²) in [6.07, 6.45) is 4.43. The van der Waals surface area contributed by atoms with Crippen LogP contribution in [0.25, 0.3) is 11.0 Å². The molecule has 0 spiro atoms. The van der Waals surface area contributed by atoms with Crippen LogP contribution in [0.3, 0.4) is 0 Å². The van der Waals surface area contributed by atoms with Crippen LogP contribution in [0.15, 0.2) is 53.3 Å². The highest BCUT2D eigenvalue weighted by atomic mass is 35.5. The van der Waals surface area contributed by atoms with E-state index < -0.39 is 17.7 Å². The molecule has 0 aliphatic carbocycles. The number of carbonyl (C=O) groups is 3. The molecule has 4 aromatic rings. The molecule has 41 heavy (non-hydrogen) atoms. The maximum Gasteiger partial charge on any atom is 0.303 e. The average Bonchev–Trinajstić information content (AvgIpc) is 3.68. The second-order valence-corrected chi connectivity index (χ2v) is 11.3. The summed E-state index contributed by atoms with van der Waals surface area (Å²) in [6.45, 7) is 0.316. The van der Waals surface area contributed by atoms with Crippen LogP contribution in [0.2, 0.25) is 5.02 Å². The Morgan fingerprint density at radius 3 is 2.85 bits per heavy atom. The molecule has 2 aromatic heterocycles. The van der Waals surface area contributed by atoms with Gasteiger partial charge in [0.05, 0.1) is 47.8 Å². The van der Waals surface area contributed by atoms with Gasteiger partial charge in [0, 0.05) is 23.6 Å². The maximum atomic E-state index is 15.3. The summed E-state index contributed by atoms with van der Waals surface area (Å²) in [7, 11) is 1.56. The Balaban J connectivity index is 1.32. The molecule has 9 nitrogen and oxygen atoms in total. The summed E-state index contributed by atoms with van der Waals surface area (Å²) in [6, 6.07) is 8.96. The normalized spacial score (nSPS) is 16.8. The number of hydrogen-bond donors (Lipinski definition) is 2. The number of anilines is 1. The Bertz CT molecular complexity index is 1600. The van der Waals surface area contributed by atoms with Gasteiger partial charge in [-0.05, 0) is 43.0 Å². The van der Waals surface area contributed by atoms with Crippen LogP contribution in [0.4, 0.5) is 10.1 Å². The lowest BCUT2D eigenvalue weighted by molar-refractivity contribution is -0.137. The first-order valence-electron chi connectivity index (χ1n) is 13.0. The Morgan fingerprint density at radius 2 is 2.07 bits per heavy atom. The third-order valence-electron chi connectivity index (χ3n) is 7.04. The van der Waals surface area contributed by atoms with Crippen LogP contribution in [0.5, 0.6) is 0 Å². The van der Waals surface area contributed by atoms with Crippen molar-refractivity contribution < 1.29 is 33.0 Å². The van der Waals surface area contributed by atoms with Crippen molar-refractivity contribution in [2.45, 2.75) is 44.2 Å². The Hall–Kier alpha value is -3.80. The van der Waals surface area contributed by atoms with Gasteiger partial charge in [-0.2, -0.15) is 0 Å². The van der Waals surface area contributed by atoms with Gasteiger partial charge in [-0.1, -0.05) is 29.8 Å². The lowest BCUT2D eigenvalue weighted by atomic mass is 10.1. The number of benzene rings is 2. The summed E-state index contributed by atoms with van der Waals surface area (Å²) < 4.78 is 26.0. The van der Waals surface area contributed by atoms with Crippen LogP contribution >= 0.6 is 22.9 Å². The molecular weight excluding hydrogens is 573 g/mol. The molecule has 1 aliphatic heterocycles. The highest BCUT2D eigenvalue weighted by Gasteiger charge is 2.39. The van der Waals surface area contributed by atoms with Crippen molar-refractivity contribution in [3.8, 4) is 0 Å². The molecule has 0 radical (unpaired) electrons. The number of carboxylic acid groups (broad SMARTS) is 1. The van der Waals surface area contributed by atoms with E-state index in [4.69, 9.17) is 25.9 Å². The van der Waals surface area contributed by atoms with Crippen molar-refractivity contribution in [2.24, 2.45) is 0 Å². The Kier molecular flexibility index (Phi) is 8.67. The fraction of sp³-hybridized carbons (Fsp3) is 0.310. The van der Waals surface area contributed by atoms with Crippen LogP contribution in [0, 0.1) is 5.82 Å². The number of likely N-dealkylation sites (tertiary alicyclic amines) is 1. The van der Waals surface area contributed by atoms with Crippen molar-refractivity contribution in [1.82, 2.24) is 9.88 Å². The molecule has 3 heterocycles. The van der Waals surface area contributed by atoms with E-state index in [1.807, 2.05) is 0 Å². The van der Waals surface area contributed by atoms with Crippen LogP contribution in [0.1, 0.15) is 51.1 Å². The molecule has 2 atom stereocenters. The number of amides is 2. The Morgan fingerprint density at radius 1 is 1.27 bits per heavy atom. The number of ether oxygens (including phenoxy) is 1. The monoisotopic (exact) mass is 599 g/mol. The standard InChI is InChI=1S/C29H27ClFN3O6S/c1-39-14-17-6-8-24(29-32-13-18(41-29)7-9-27(36)37)34(17)26(35)11-16-10-21(30)23(12-22(16)31)33-28(38)20-15-40-25-5-3-2-4-19(20)25/h2-5,10,12-13,15,17,24H,6-9,11,14H2,1H3,(H,33,38)(H,36,37)/t17-,24-/m0/s1. The van der Waals surface area contributed by atoms with E-state index in [2.05, 4.69) is 10.3 Å². The zero-order valence-corrected chi connectivity index (χ0v) is 23.6. The minimum absolute atomic E-state index is 0.00357. The number of furan rings is 1. The molecule has 0 saturated carbocycles. The van der Waals surface area contributed by atoms with E-state index in [1.165, 1.54) is 23.7 Å². The third-order valence-corrected chi connectivity index (χ3v) is 8.51. The van der Waals surface area contributed by atoms with Gasteiger partial charge in [-0.15, -0.1) is 11.3 Å². The molecule has 12 heteroatoms. The van der Waals surface area contributed by atoms with E-state index in [-0.39, 0.29) is 52.7 Å². The lowest BCUT2D eigenvalue weighted by Gasteiger charge is -2.29. The van der Waals surface area contributed by atoms with E-state index >= 15 is 4.39 Å². The van der Waals surface area contributed by atoms with Gasteiger partial charge in [0.1, 0.15) is 22.7 Å². The number of aliphatic carboxylic acids is 1. The number of thiazole rings is 1. The maximum absolute atomic E-state index is 15.3. The van der Waals surface area contributed by atoms with Gasteiger partial charge in [0.15, 0.2) is 0 Å². The predicted octanol–water partition coefficient (Wildman–Crippen LogP) is 5.87. The van der Waals surface area contributed by atoms with Crippen molar-refractivity contribution in [3.05, 3.63) is 80.7 Å². The molecule has 0 bridgehead atoms.